The van der Waals surface area contributed by atoms with Gasteiger partial charge in [-0.05, 0) is 12.1 Å². The summed E-state index contributed by atoms with van der Waals surface area (Å²) in [6, 6.07) is 6.72. The first kappa shape index (κ1) is 14.4. The average molecular weight is 269 g/mol. The van der Waals surface area contributed by atoms with Crippen molar-refractivity contribution < 1.29 is 18.5 Å². The highest BCUT2D eigenvalue weighted by molar-refractivity contribution is 7.86. The molecule has 18 heavy (non-hydrogen) atoms. The molecule has 0 saturated carbocycles. The standard InChI is InChI=1S/C12H15NO4S/c1-13-12(15)8-18(16)7-10(14)9-5-3-4-6-11(9)17-2/h3-6H,7-8H2,1-2H3,(H,13,15). The Kier molecular flexibility index (Phi) is 5.51. The number of rotatable bonds is 6. The molecule has 0 aromatic heterocycles. The minimum atomic E-state index is -1.51. The predicted octanol–water partition coefficient (Wildman–Crippen LogP) is 0.373. The first-order chi connectivity index (χ1) is 8.58. The van der Waals surface area contributed by atoms with Gasteiger partial charge in [0, 0.05) is 17.8 Å². The summed E-state index contributed by atoms with van der Waals surface area (Å²) in [6.45, 7) is 0. The molecule has 0 radical (unpaired) electrons. The van der Waals surface area contributed by atoms with E-state index in [0.29, 0.717) is 11.3 Å². The normalized spacial score (nSPS) is 11.7. The molecule has 6 heteroatoms. The van der Waals surface area contributed by atoms with E-state index in [1.807, 2.05) is 0 Å². The largest absolute Gasteiger partial charge is 0.496 e. The summed E-state index contributed by atoms with van der Waals surface area (Å²) in [5.74, 6) is -0.555. The second-order valence-corrected chi connectivity index (χ2v) is 4.98. The Balaban J connectivity index is 2.71. The van der Waals surface area contributed by atoms with E-state index in [1.54, 1.807) is 24.3 Å². The number of carbonyl (C=O) groups is 2. The Morgan fingerprint density at radius 2 is 1.94 bits per heavy atom. The van der Waals surface area contributed by atoms with Gasteiger partial charge < -0.3 is 10.1 Å². The van der Waals surface area contributed by atoms with Gasteiger partial charge in [0.05, 0.1) is 18.4 Å². The Labute approximate surface area is 108 Å². The summed E-state index contributed by atoms with van der Waals surface area (Å²) in [6.07, 6.45) is 0. The van der Waals surface area contributed by atoms with Crippen LogP contribution in [0.5, 0.6) is 5.75 Å². The van der Waals surface area contributed by atoms with Crippen molar-refractivity contribution in [3.05, 3.63) is 29.8 Å². The molecule has 0 saturated heterocycles. The Morgan fingerprint density at radius 3 is 2.56 bits per heavy atom. The minimum absolute atomic E-state index is 0.169. The molecule has 1 aromatic carbocycles. The number of ether oxygens (including phenoxy) is 1. The second kappa shape index (κ2) is 6.90. The Morgan fingerprint density at radius 1 is 1.28 bits per heavy atom. The van der Waals surface area contributed by atoms with Gasteiger partial charge in [-0.2, -0.15) is 0 Å². The molecule has 1 atom stereocenters. The average Bonchev–Trinajstić information content (AvgIpc) is 2.38. The molecule has 5 nitrogen and oxygen atoms in total. The van der Waals surface area contributed by atoms with Crippen LogP contribution < -0.4 is 10.1 Å². The number of hydrogen-bond acceptors (Lipinski definition) is 4. The fourth-order valence-electron chi connectivity index (χ4n) is 1.37. The van der Waals surface area contributed by atoms with Gasteiger partial charge in [0.15, 0.2) is 5.78 Å². The van der Waals surface area contributed by atoms with Crippen molar-refractivity contribution in [3.8, 4) is 5.75 Å². The third-order valence-electron chi connectivity index (χ3n) is 2.27. The van der Waals surface area contributed by atoms with Crippen molar-refractivity contribution in [1.29, 1.82) is 0 Å². The van der Waals surface area contributed by atoms with Gasteiger partial charge in [-0.1, -0.05) is 12.1 Å². The van der Waals surface area contributed by atoms with Crippen molar-refractivity contribution in [2.24, 2.45) is 0 Å². The molecular formula is C12H15NO4S. The van der Waals surface area contributed by atoms with Gasteiger partial charge >= 0.3 is 0 Å². The van der Waals surface area contributed by atoms with Crippen molar-refractivity contribution in [2.45, 2.75) is 0 Å². The highest BCUT2D eigenvalue weighted by Gasteiger charge is 2.16. The molecule has 0 heterocycles. The lowest BCUT2D eigenvalue weighted by atomic mass is 10.1. The molecule has 0 bridgehead atoms. The zero-order valence-corrected chi connectivity index (χ0v) is 11.1. The van der Waals surface area contributed by atoms with Crippen LogP contribution in [0.3, 0.4) is 0 Å². The van der Waals surface area contributed by atoms with Gasteiger partial charge in [-0.25, -0.2) is 0 Å². The van der Waals surface area contributed by atoms with Crippen LogP contribution in [-0.4, -0.2) is 41.6 Å². The van der Waals surface area contributed by atoms with E-state index in [9.17, 15) is 13.8 Å². The highest BCUT2D eigenvalue weighted by Crippen LogP contribution is 2.17. The quantitative estimate of drug-likeness (QED) is 0.757. The second-order valence-electron chi connectivity index (χ2n) is 3.53. The fourth-order valence-corrected chi connectivity index (χ4v) is 2.36. The number of hydrogen-bond donors (Lipinski definition) is 1. The van der Waals surface area contributed by atoms with Crippen LogP contribution in [0.1, 0.15) is 10.4 Å². The van der Waals surface area contributed by atoms with E-state index in [0.717, 1.165) is 0 Å². The van der Waals surface area contributed by atoms with Crippen LogP contribution >= 0.6 is 0 Å². The summed E-state index contributed by atoms with van der Waals surface area (Å²) in [7, 11) is 1.42. The minimum Gasteiger partial charge on any atom is -0.496 e. The summed E-state index contributed by atoms with van der Waals surface area (Å²) >= 11 is 0. The van der Waals surface area contributed by atoms with Crippen LogP contribution in [0, 0.1) is 0 Å². The Hall–Kier alpha value is -1.69. The van der Waals surface area contributed by atoms with Gasteiger partial charge in [0.2, 0.25) is 5.91 Å². The van der Waals surface area contributed by atoms with Crippen molar-refractivity contribution in [2.75, 3.05) is 25.7 Å². The highest BCUT2D eigenvalue weighted by atomic mass is 32.2. The summed E-state index contributed by atoms with van der Waals surface area (Å²) < 4.78 is 16.6. The van der Waals surface area contributed by atoms with Crippen LogP contribution in [0.15, 0.2) is 24.3 Å². The molecule has 98 valence electrons. The molecule has 1 unspecified atom stereocenters. The number of amides is 1. The van der Waals surface area contributed by atoms with Crippen molar-refractivity contribution in [1.82, 2.24) is 5.32 Å². The SMILES string of the molecule is CNC(=O)CS(=O)CC(=O)c1ccccc1OC. The van der Waals surface area contributed by atoms with Crippen LogP contribution in [0.25, 0.3) is 0 Å². The van der Waals surface area contributed by atoms with Crippen molar-refractivity contribution in [3.63, 3.8) is 0 Å². The number of para-hydroxylation sites is 1. The molecule has 0 aliphatic rings. The lowest BCUT2D eigenvalue weighted by Crippen LogP contribution is -2.27. The maximum Gasteiger partial charge on any atom is 0.232 e. The molecule has 1 aromatic rings. The molecule has 0 spiro atoms. The number of ketones is 1. The maximum absolute atomic E-state index is 11.9. The topological polar surface area (TPSA) is 72.5 Å². The maximum atomic E-state index is 11.9. The monoisotopic (exact) mass is 269 g/mol. The van der Waals surface area contributed by atoms with E-state index in [4.69, 9.17) is 4.74 Å². The zero-order chi connectivity index (χ0) is 13.5. The first-order valence-corrected chi connectivity index (χ1v) is 6.79. The number of carbonyl (C=O) groups excluding carboxylic acids is 2. The van der Waals surface area contributed by atoms with E-state index >= 15 is 0 Å². The molecule has 1 N–H and O–H groups in total. The lowest BCUT2D eigenvalue weighted by Gasteiger charge is -2.06. The van der Waals surface area contributed by atoms with Gasteiger partial charge in [-0.15, -0.1) is 0 Å². The van der Waals surface area contributed by atoms with Crippen LogP contribution in [0.4, 0.5) is 0 Å². The molecule has 1 amide bonds. The summed E-state index contributed by atoms with van der Waals surface area (Å²) in [4.78, 5) is 22.9. The fraction of sp³-hybridized carbons (Fsp3) is 0.333. The Bertz CT molecular complexity index is 473. The summed E-state index contributed by atoms with van der Waals surface area (Å²) in [5.41, 5.74) is 0.380. The van der Waals surface area contributed by atoms with Crippen LogP contribution in [0.2, 0.25) is 0 Å². The van der Waals surface area contributed by atoms with Crippen LogP contribution in [-0.2, 0) is 15.6 Å². The summed E-state index contributed by atoms with van der Waals surface area (Å²) in [5, 5.41) is 2.36. The zero-order valence-electron chi connectivity index (χ0n) is 10.3. The van der Waals surface area contributed by atoms with E-state index < -0.39 is 10.8 Å². The molecule has 0 aliphatic carbocycles. The number of methoxy groups -OCH3 is 1. The van der Waals surface area contributed by atoms with E-state index in [-0.39, 0.29) is 23.2 Å². The van der Waals surface area contributed by atoms with Crippen molar-refractivity contribution >= 4 is 22.5 Å². The number of Topliss-reactive ketones (excluding diaryl/α,β-unsaturated/α-hetero) is 1. The van der Waals surface area contributed by atoms with Gasteiger partial charge in [0.25, 0.3) is 0 Å². The van der Waals surface area contributed by atoms with E-state index in [1.165, 1.54) is 14.2 Å². The lowest BCUT2D eigenvalue weighted by molar-refractivity contribution is -0.118. The third kappa shape index (κ3) is 3.96. The molecular weight excluding hydrogens is 254 g/mol. The number of benzene rings is 1. The van der Waals surface area contributed by atoms with E-state index in [2.05, 4.69) is 5.32 Å². The first-order valence-electron chi connectivity index (χ1n) is 5.30. The smallest absolute Gasteiger partial charge is 0.232 e. The predicted molar refractivity (Wildman–Crippen MR) is 69.3 cm³/mol. The number of nitrogens with one attached hydrogen (secondary N) is 1. The molecule has 1 rings (SSSR count). The molecule has 0 fully saturated rings. The third-order valence-corrected chi connectivity index (χ3v) is 3.44. The molecule has 0 aliphatic heterocycles. The van der Waals surface area contributed by atoms with Gasteiger partial charge in [-0.3, -0.25) is 13.8 Å². The van der Waals surface area contributed by atoms with Gasteiger partial charge in [0.1, 0.15) is 11.5 Å².